The van der Waals surface area contributed by atoms with Gasteiger partial charge in [0.25, 0.3) is 0 Å². The van der Waals surface area contributed by atoms with Gasteiger partial charge in [0.05, 0.1) is 4.90 Å². The maximum atomic E-state index is 11.9. The Bertz CT molecular complexity index is 1100. The number of hydrogen-bond donors (Lipinski definition) is 2. The Hall–Kier alpha value is -2.97. The predicted octanol–water partition coefficient (Wildman–Crippen LogP) is 2.89. The second kappa shape index (κ2) is 6.98. The fourth-order valence-electron chi connectivity index (χ4n) is 2.91. The van der Waals surface area contributed by atoms with Gasteiger partial charge < -0.3 is 5.11 Å². The Balaban J connectivity index is 2.26. The quantitative estimate of drug-likeness (QED) is 0.701. The molecule has 8 heteroatoms. The molecule has 27 heavy (non-hydrogen) atoms. The summed E-state index contributed by atoms with van der Waals surface area (Å²) in [4.78, 5) is 11.9. The topological polar surface area (TPSA) is 115 Å². The fraction of sp³-hybridized carbons (Fsp3) is 0.158. The number of carboxylic acid groups (broad SMARTS) is 1. The predicted molar refractivity (Wildman–Crippen MR) is 102 cm³/mol. The van der Waals surface area contributed by atoms with Crippen LogP contribution in [0.25, 0.3) is 22.4 Å². The van der Waals surface area contributed by atoms with E-state index in [1.54, 1.807) is 12.1 Å². The Morgan fingerprint density at radius 3 is 2.11 bits per heavy atom. The summed E-state index contributed by atoms with van der Waals surface area (Å²) in [5.74, 6) is -1.08. The third kappa shape index (κ3) is 3.62. The normalized spacial score (nSPS) is 11.5. The van der Waals surface area contributed by atoms with Crippen molar-refractivity contribution in [2.24, 2.45) is 5.14 Å². The number of carboxylic acids is 1. The van der Waals surface area contributed by atoms with Crippen molar-refractivity contribution in [3.63, 3.8) is 0 Å². The fourth-order valence-corrected chi connectivity index (χ4v) is 3.42. The second-order valence-corrected chi connectivity index (χ2v) is 7.69. The SMILES string of the molecule is CCn1nc(-c2ccc(S(N)(=O)=O)cc2)c(-c2ccc(C)cc2)c1C(=O)O. The highest BCUT2D eigenvalue weighted by Gasteiger charge is 2.25. The van der Waals surface area contributed by atoms with Gasteiger partial charge in [-0.15, -0.1) is 0 Å². The number of hydrogen-bond acceptors (Lipinski definition) is 4. The van der Waals surface area contributed by atoms with Crippen LogP contribution in [-0.2, 0) is 16.6 Å². The van der Waals surface area contributed by atoms with E-state index in [0.717, 1.165) is 11.1 Å². The Kier molecular flexibility index (Phi) is 4.86. The van der Waals surface area contributed by atoms with E-state index < -0.39 is 16.0 Å². The average Bonchev–Trinajstić information content (AvgIpc) is 3.01. The summed E-state index contributed by atoms with van der Waals surface area (Å²) in [5, 5.41) is 19.4. The number of primary sulfonamides is 1. The van der Waals surface area contributed by atoms with E-state index >= 15 is 0 Å². The minimum atomic E-state index is -3.81. The molecule has 0 aliphatic carbocycles. The zero-order valence-corrected chi connectivity index (χ0v) is 15.7. The molecule has 0 saturated heterocycles. The van der Waals surface area contributed by atoms with Gasteiger partial charge >= 0.3 is 5.97 Å². The first kappa shape index (κ1) is 18.8. The molecule has 1 aromatic heterocycles. The summed E-state index contributed by atoms with van der Waals surface area (Å²) >= 11 is 0. The summed E-state index contributed by atoms with van der Waals surface area (Å²) in [7, 11) is -3.81. The number of aromatic nitrogens is 2. The van der Waals surface area contributed by atoms with Crippen LogP contribution in [0.2, 0.25) is 0 Å². The standard InChI is InChI=1S/C19H19N3O4S/c1-3-22-18(19(23)24)16(13-6-4-12(2)5-7-13)17(21-22)14-8-10-15(11-9-14)27(20,25)26/h4-11H,3H2,1-2H3,(H,23,24)(H2,20,25,26). The van der Waals surface area contributed by atoms with Crippen LogP contribution in [0, 0.1) is 6.92 Å². The molecule has 0 amide bonds. The Morgan fingerprint density at radius 2 is 1.63 bits per heavy atom. The smallest absolute Gasteiger partial charge is 0.354 e. The van der Waals surface area contributed by atoms with Crippen molar-refractivity contribution in [3.8, 4) is 22.4 Å². The van der Waals surface area contributed by atoms with Gasteiger partial charge in [0, 0.05) is 17.7 Å². The van der Waals surface area contributed by atoms with E-state index in [4.69, 9.17) is 5.14 Å². The van der Waals surface area contributed by atoms with Crippen LogP contribution in [0.5, 0.6) is 0 Å². The van der Waals surface area contributed by atoms with E-state index in [1.165, 1.54) is 16.8 Å². The van der Waals surface area contributed by atoms with Crippen LogP contribution in [0.4, 0.5) is 0 Å². The minimum absolute atomic E-state index is 0.0171. The van der Waals surface area contributed by atoms with Gasteiger partial charge in [-0.2, -0.15) is 5.10 Å². The summed E-state index contributed by atoms with van der Waals surface area (Å²) in [6.45, 7) is 4.15. The van der Waals surface area contributed by atoms with Gasteiger partial charge in [-0.05, 0) is 31.5 Å². The molecule has 3 aromatic rings. The van der Waals surface area contributed by atoms with E-state index in [9.17, 15) is 18.3 Å². The van der Waals surface area contributed by atoms with Gasteiger partial charge in [0.15, 0.2) is 5.69 Å². The van der Waals surface area contributed by atoms with Crippen molar-refractivity contribution < 1.29 is 18.3 Å². The molecule has 0 aliphatic rings. The number of benzene rings is 2. The monoisotopic (exact) mass is 385 g/mol. The number of sulfonamides is 1. The summed E-state index contributed by atoms with van der Waals surface area (Å²) in [5.41, 5.74) is 3.44. The molecule has 3 rings (SSSR count). The van der Waals surface area contributed by atoms with Crippen molar-refractivity contribution in [2.75, 3.05) is 0 Å². The van der Waals surface area contributed by atoms with Gasteiger partial charge in [-0.3, -0.25) is 4.68 Å². The largest absolute Gasteiger partial charge is 0.477 e. The summed E-state index contributed by atoms with van der Waals surface area (Å²) < 4.78 is 24.4. The van der Waals surface area contributed by atoms with Crippen molar-refractivity contribution in [3.05, 3.63) is 59.8 Å². The highest BCUT2D eigenvalue weighted by molar-refractivity contribution is 7.89. The molecule has 0 spiro atoms. The van der Waals surface area contributed by atoms with E-state index in [0.29, 0.717) is 23.4 Å². The molecule has 1 heterocycles. The average molecular weight is 385 g/mol. The number of aryl methyl sites for hydroxylation is 2. The first-order valence-electron chi connectivity index (χ1n) is 8.26. The lowest BCUT2D eigenvalue weighted by Gasteiger charge is -2.06. The van der Waals surface area contributed by atoms with Crippen LogP contribution in [0.15, 0.2) is 53.4 Å². The van der Waals surface area contributed by atoms with Gasteiger partial charge in [0.1, 0.15) is 5.69 Å². The zero-order valence-electron chi connectivity index (χ0n) is 14.9. The van der Waals surface area contributed by atoms with E-state index in [-0.39, 0.29) is 10.6 Å². The lowest BCUT2D eigenvalue weighted by molar-refractivity contribution is 0.0684. The van der Waals surface area contributed by atoms with Crippen LogP contribution in [-0.4, -0.2) is 29.3 Å². The molecule has 0 unspecified atom stereocenters. The Morgan fingerprint density at radius 1 is 1.07 bits per heavy atom. The van der Waals surface area contributed by atoms with E-state index in [2.05, 4.69) is 5.10 Å². The van der Waals surface area contributed by atoms with Crippen LogP contribution >= 0.6 is 0 Å². The molecule has 0 radical (unpaired) electrons. The van der Waals surface area contributed by atoms with Crippen LogP contribution in [0.3, 0.4) is 0 Å². The third-order valence-corrected chi connectivity index (χ3v) is 5.18. The van der Waals surface area contributed by atoms with Crippen molar-refractivity contribution >= 4 is 16.0 Å². The third-order valence-electron chi connectivity index (χ3n) is 4.25. The maximum absolute atomic E-state index is 11.9. The maximum Gasteiger partial charge on any atom is 0.354 e. The number of aromatic carboxylic acids is 1. The minimum Gasteiger partial charge on any atom is -0.477 e. The van der Waals surface area contributed by atoms with Crippen molar-refractivity contribution in [1.29, 1.82) is 0 Å². The Labute approximate surface area is 157 Å². The molecule has 2 aromatic carbocycles. The van der Waals surface area contributed by atoms with Gasteiger partial charge in [0.2, 0.25) is 10.0 Å². The van der Waals surface area contributed by atoms with Crippen molar-refractivity contribution in [2.45, 2.75) is 25.3 Å². The molecule has 140 valence electrons. The number of carbonyl (C=O) groups is 1. The van der Waals surface area contributed by atoms with Crippen molar-refractivity contribution in [1.82, 2.24) is 9.78 Å². The highest BCUT2D eigenvalue weighted by Crippen LogP contribution is 2.35. The van der Waals surface area contributed by atoms with Gasteiger partial charge in [-0.25, -0.2) is 18.4 Å². The van der Waals surface area contributed by atoms with Gasteiger partial charge in [-0.1, -0.05) is 42.0 Å². The number of nitrogens with zero attached hydrogens (tertiary/aromatic N) is 2. The molecule has 0 saturated carbocycles. The molecular weight excluding hydrogens is 366 g/mol. The van der Waals surface area contributed by atoms with E-state index in [1.807, 2.05) is 38.1 Å². The van der Waals surface area contributed by atoms with Crippen LogP contribution in [0.1, 0.15) is 23.0 Å². The first-order chi connectivity index (χ1) is 12.7. The molecular formula is C19H19N3O4S. The lowest BCUT2D eigenvalue weighted by atomic mass is 9.98. The zero-order chi connectivity index (χ0) is 19.8. The molecule has 0 bridgehead atoms. The molecule has 0 fully saturated rings. The highest BCUT2D eigenvalue weighted by atomic mass is 32.2. The van der Waals surface area contributed by atoms with Crippen LogP contribution < -0.4 is 5.14 Å². The number of nitrogens with two attached hydrogens (primary N) is 1. The molecule has 7 nitrogen and oxygen atoms in total. The molecule has 0 aliphatic heterocycles. The second-order valence-electron chi connectivity index (χ2n) is 6.13. The number of rotatable bonds is 5. The lowest BCUT2D eigenvalue weighted by Crippen LogP contribution is -2.11. The first-order valence-corrected chi connectivity index (χ1v) is 9.81. The molecule has 0 atom stereocenters. The molecule has 3 N–H and O–H groups in total. The summed E-state index contributed by atoms with van der Waals surface area (Å²) in [6, 6.07) is 13.4. The summed E-state index contributed by atoms with van der Waals surface area (Å²) in [6.07, 6.45) is 0.